The van der Waals surface area contributed by atoms with Gasteiger partial charge in [-0.3, -0.25) is 9.59 Å². The number of likely N-dealkylation sites (tertiary alicyclic amines) is 1. The van der Waals surface area contributed by atoms with Gasteiger partial charge in [-0.25, -0.2) is 0 Å². The zero-order valence-corrected chi connectivity index (χ0v) is 12.9. The van der Waals surface area contributed by atoms with E-state index in [0.717, 1.165) is 24.0 Å². The van der Waals surface area contributed by atoms with Crippen molar-refractivity contribution < 1.29 is 14.7 Å². The van der Waals surface area contributed by atoms with E-state index in [1.807, 2.05) is 41.4 Å². The standard InChI is InChI=1S/C18H20N2O3/c21-17(22)10-13-6-8-20(9-7-13)18(23)16-12-19-11-15(16)14-4-2-1-3-5-14/h1-5,11-13,19H,6-10H2,(H,21,22). The highest BCUT2D eigenvalue weighted by molar-refractivity contribution is 6.00. The molecular formula is C18H20N2O3. The third kappa shape index (κ3) is 3.44. The Balaban J connectivity index is 1.71. The summed E-state index contributed by atoms with van der Waals surface area (Å²) in [6.07, 6.45) is 5.29. The molecule has 1 aromatic carbocycles. The molecule has 1 aromatic heterocycles. The number of carboxylic acid groups (broad SMARTS) is 1. The summed E-state index contributed by atoms with van der Waals surface area (Å²) in [6, 6.07) is 9.82. The van der Waals surface area contributed by atoms with Crippen LogP contribution < -0.4 is 0 Å². The number of carbonyl (C=O) groups excluding carboxylic acids is 1. The summed E-state index contributed by atoms with van der Waals surface area (Å²) in [5.74, 6) is -0.568. The maximum absolute atomic E-state index is 12.8. The highest BCUT2D eigenvalue weighted by Crippen LogP contribution is 2.27. The lowest BCUT2D eigenvalue weighted by Gasteiger charge is -2.31. The Labute approximate surface area is 134 Å². The number of aliphatic carboxylic acids is 1. The molecule has 120 valence electrons. The minimum Gasteiger partial charge on any atom is -0.481 e. The molecule has 1 saturated heterocycles. The fourth-order valence-electron chi connectivity index (χ4n) is 3.15. The number of hydrogen-bond acceptors (Lipinski definition) is 2. The molecule has 0 bridgehead atoms. The average Bonchev–Trinajstić information content (AvgIpc) is 3.05. The quantitative estimate of drug-likeness (QED) is 0.911. The van der Waals surface area contributed by atoms with Crippen LogP contribution in [0.2, 0.25) is 0 Å². The van der Waals surface area contributed by atoms with E-state index < -0.39 is 5.97 Å². The van der Waals surface area contributed by atoms with E-state index in [4.69, 9.17) is 5.11 Å². The number of benzene rings is 1. The summed E-state index contributed by atoms with van der Waals surface area (Å²) in [7, 11) is 0. The first-order chi connectivity index (χ1) is 11.1. The highest BCUT2D eigenvalue weighted by atomic mass is 16.4. The number of rotatable bonds is 4. The van der Waals surface area contributed by atoms with Gasteiger partial charge in [0.05, 0.1) is 5.56 Å². The molecule has 1 amide bonds. The lowest BCUT2D eigenvalue weighted by molar-refractivity contribution is -0.138. The molecule has 2 heterocycles. The van der Waals surface area contributed by atoms with E-state index in [1.165, 1.54) is 0 Å². The first kappa shape index (κ1) is 15.3. The molecule has 0 radical (unpaired) electrons. The minimum atomic E-state index is -0.758. The van der Waals surface area contributed by atoms with Crippen LogP contribution in [-0.4, -0.2) is 40.0 Å². The van der Waals surface area contributed by atoms with Crippen LogP contribution in [0.25, 0.3) is 11.1 Å². The molecule has 0 spiro atoms. The van der Waals surface area contributed by atoms with Gasteiger partial charge in [-0.05, 0) is 24.3 Å². The monoisotopic (exact) mass is 312 g/mol. The Kier molecular flexibility index (Phi) is 4.46. The topological polar surface area (TPSA) is 73.4 Å². The maximum atomic E-state index is 12.8. The van der Waals surface area contributed by atoms with Gasteiger partial charge < -0.3 is 15.0 Å². The van der Waals surface area contributed by atoms with Crippen LogP contribution in [0.1, 0.15) is 29.6 Å². The Morgan fingerprint density at radius 2 is 1.83 bits per heavy atom. The van der Waals surface area contributed by atoms with Gasteiger partial charge in [0.1, 0.15) is 0 Å². The number of aromatic nitrogens is 1. The van der Waals surface area contributed by atoms with Crippen LogP contribution in [0.3, 0.4) is 0 Å². The van der Waals surface area contributed by atoms with Gasteiger partial charge >= 0.3 is 5.97 Å². The van der Waals surface area contributed by atoms with Crippen LogP contribution in [0.5, 0.6) is 0 Å². The van der Waals surface area contributed by atoms with Gasteiger partial charge in [-0.2, -0.15) is 0 Å². The van der Waals surface area contributed by atoms with Crippen molar-refractivity contribution in [2.45, 2.75) is 19.3 Å². The van der Waals surface area contributed by atoms with Crippen molar-refractivity contribution in [1.82, 2.24) is 9.88 Å². The summed E-state index contributed by atoms with van der Waals surface area (Å²) in [4.78, 5) is 28.4. The Hall–Kier alpha value is -2.56. The fraction of sp³-hybridized carbons (Fsp3) is 0.333. The zero-order chi connectivity index (χ0) is 16.2. The second-order valence-electron chi connectivity index (χ2n) is 5.98. The van der Waals surface area contributed by atoms with Gasteiger partial charge in [0.2, 0.25) is 0 Å². The number of carboxylic acids is 1. The van der Waals surface area contributed by atoms with E-state index >= 15 is 0 Å². The number of aromatic amines is 1. The lowest BCUT2D eigenvalue weighted by atomic mass is 9.93. The Morgan fingerprint density at radius 3 is 2.48 bits per heavy atom. The fourth-order valence-corrected chi connectivity index (χ4v) is 3.15. The van der Waals surface area contributed by atoms with Crippen molar-refractivity contribution in [2.75, 3.05) is 13.1 Å². The van der Waals surface area contributed by atoms with Crippen molar-refractivity contribution in [2.24, 2.45) is 5.92 Å². The van der Waals surface area contributed by atoms with Crippen molar-refractivity contribution in [1.29, 1.82) is 0 Å². The molecule has 2 N–H and O–H groups in total. The molecule has 23 heavy (non-hydrogen) atoms. The molecule has 5 nitrogen and oxygen atoms in total. The second kappa shape index (κ2) is 6.69. The minimum absolute atomic E-state index is 0.0129. The van der Waals surface area contributed by atoms with Gasteiger partial charge in [0.15, 0.2) is 0 Å². The van der Waals surface area contributed by atoms with Gasteiger partial charge in [-0.1, -0.05) is 30.3 Å². The number of H-pyrrole nitrogens is 1. The largest absolute Gasteiger partial charge is 0.481 e. The predicted molar refractivity (Wildman–Crippen MR) is 87.1 cm³/mol. The van der Waals surface area contributed by atoms with E-state index in [0.29, 0.717) is 18.7 Å². The molecule has 0 unspecified atom stereocenters. The number of carbonyl (C=O) groups is 2. The van der Waals surface area contributed by atoms with Crippen LogP contribution in [0.15, 0.2) is 42.7 Å². The van der Waals surface area contributed by atoms with Crippen molar-refractivity contribution in [3.8, 4) is 11.1 Å². The molecule has 2 aromatic rings. The summed E-state index contributed by atoms with van der Waals surface area (Å²) in [6.45, 7) is 1.24. The molecule has 1 fully saturated rings. The molecule has 3 rings (SSSR count). The van der Waals surface area contributed by atoms with E-state index in [1.54, 1.807) is 6.20 Å². The molecule has 1 aliphatic rings. The number of piperidine rings is 1. The number of nitrogens with one attached hydrogen (secondary N) is 1. The number of nitrogens with zero attached hydrogens (tertiary/aromatic N) is 1. The normalized spacial score (nSPS) is 15.6. The first-order valence-electron chi connectivity index (χ1n) is 7.88. The molecule has 0 saturated carbocycles. The van der Waals surface area contributed by atoms with E-state index in [-0.39, 0.29) is 18.2 Å². The molecule has 0 aliphatic carbocycles. The van der Waals surface area contributed by atoms with Crippen LogP contribution in [0.4, 0.5) is 0 Å². The SMILES string of the molecule is O=C(O)CC1CCN(C(=O)c2c[nH]cc2-c2ccccc2)CC1. The maximum Gasteiger partial charge on any atom is 0.303 e. The van der Waals surface area contributed by atoms with Crippen LogP contribution >= 0.6 is 0 Å². The molecule has 5 heteroatoms. The summed E-state index contributed by atoms with van der Waals surface area (Å²) in [5.41, 5.74) is 2.59. The van der Waals surface area contributed by atoms with Crippen molar-refractivity contribution in [3.05, 3.63) is 48.3 Å². The first-order valence-corrected chi connectivity index (χ1v) is 7.88. The van der Waals surface area contributed by atoms with Crippen molar-refractivity contribution >= 4 is 11.9 Å². The van der Waals surface area contributed by atoms with Crippen LogP contribution in [0, 0.1) is 5.92 Å². The van der Waals surface area contributed by atoms with Crippen molar-refractivity contribution in [3.63, 3.8) is 0 Å². The van der Waals surface area contributed by atoms with Gasteiger partial charge in [-0.15, -0.1) is 0 Å². The third-order valence-electron chi connectivity index (χ3n) is 4.43. The number of hydrogen-bond donors (Lipinski definition) is 2. The smallest absolute Gasteiger partial charge is 0.303 e. The Morgan fingerprint density at radius 1 is 1.13 bits per heavy atom. The summed E-state index contributed by atoms with van der Waals surface area (Å²) < 4.78 is 0. The number of amides is 1. The Bertz CT molecular complexity index is 685. The average molecular weight is 312 g/mol. The van der Waals surface area contributed by atoms with E-state index in [2.05, 4.69) is 4.98 Å². The van der Waals surface area contributed by atoms with E-state index in [9.17, 15) is 9.59 Å². The van der Waals surface area contributed by atoms with Gasteiger partial charge in [0.25, 0.3) is 5.91 Å². The van der Waals surface area contributed by atoms with Crippen LogP contribution in [-0.2, 0) is 4.79 Å². The molecule has 0 atom stereocenters. The molecular weight excluding hydrogens is 292 g/mol. The summed E-state index contributed by atoms with van der Waals surface area (Å²) in [5, 5.41) is 8.87. The zero-order valence-electron chi connectivity index (χ0n) is 12.9. The third-order valence-corrected chi connectivity index (χ3v) is 4.43. The second-order valence-corrected chi connectivity index (χ2v) is 5.98. The predicted octanol–water partition coefficient (Wildman–Crippen LogP) is 3.01. The molecule has 1 aliphatic heterocycles. The highest BCUT2D eigenvalue weighted by Gasteiger charge is 2.26. The van der Waals surface area contributed by atoms with Gasteiger partial charge in [0, 0.05) is 37.5 Å². The lowest BCUT2D eigenvalue weighted by Crippen LogP contribution is -2.38. The summed E-state index contributed by atoms with van der Waals surface area (Å²) >= 11 is 0.